The lowest BCUT2D eigenvalue weighted by Crippen LogP contribution is -2.42. The van der Waals surface area contributed by atoms with Gasteiger partial charge in [-0.2, -0.15) is 0 Å². The molecule has 2 amide bonds. The summed E-state index contributed by atoms with van der Waals surface area (Å²) in [6, 6.07) is 5.01. The van der Waals surface area contributed by atoms with Gasteiger partial charge in [0.05, 0.1) is 10.9 Å². The Bertz CT molecular complexity index is 706. The van der Waals surface area contributed by atoms with E-state index < -0.39 is 0 Å². The first-order valence-electron chi connectivity index (χ1n) is 9.71. The molecule has 2 aliphatic carbocycles. The molecule has 148 valence electrons. The van der Waals surface area contributed by atoms with E-state index in [1.807, 2.05) is 13.8 Å². The minimum absolute atomic E-state index is 0.0313. The van der Waals surface area contributed by atoms with E-state index in [0.29, 0.717) is 41.4 Å². The molecule has 3 N–H and O–H groups in total. The number of carbonyl (C=O) groups is 2. The molecular weight excluding hydrogens is 366 g/mol. The van der Waals surface area contributed by atoms with Crippen molar-refractivity contribution >= 4 is 29.1 Å². The van der Waals surface area contributed by atoms with Crippen LogP contribution in [0, 0.1) is 17.8 Å². The van der Waals surface area contributed by atoms with Crippen LogP contribution >= 0.6 is 11.6 Å². The standard InChI is InChI=1S/C20H28ClN3O3/c1-3-24(4-2)17(25)11-27-16-8-7-14(10-15(16)21)23-20(26)18-12-5-6-13(9-12)19(18)22/h7-8,10,12-13,18-19H,3-6,9,11,22H2,1-2H3,(H,23,26). The lowest BCUT2D eigenvalue weighted by atomic mass is 9.84. The second kappa shape index (κ2) is 8.48. The number of anilines is 1. The molecule has 0 heterocycles. The highest BCUT2D eigenvalue weighted by Gasteiger charge is 2.49. The number of likely N-dealkylation sites (N-methyl/N-ethyl adjacent to an activating group) is 1. The van der Waals surface area contributed by atoms with Crippen molar-refractivity contribution in [2.45, 2.75) is 39.2 Å². The molecule has 4 atom stereocenters. The van der Waals surface area contributed by atoms with Crippen LogP contribution in [0.1, 0.15) is 33.1 Å². The van der Waals surface area contributed by atoms with E-state index in [9.17, 15) is 9.59 Å². The van der Waals surface area contributed by atoms with E-state index in [4.69, 9.17) is 22.1 Å². The van der Waals surface area contributed by atoms with Crippen molar-refractivity contribution in [3.63, 3.8) is 0 Å². The summed E-state index contributed by atoms with van der Waals surface area (Å²) in [6.07, 6.45) is 3.29. The Balaban J connectivity index is 1.58. The van der Waals surface area contributed by atoms with Crippen molar-refractivity contribution in [3.05, 3.63) is 23.2 Å². The molecule has 2 bridgehead atoms. The van der Waals surface area contributed by atoms with Gasteiger partial charge in [-0.15, -0.1) is 0 Å². The minimum atomic E-state index is -0.120. The molecule has 0 saturated heterocycles. The van der Waals surface area contributed by atoms with Crippen LogP contribution in [0.5, 0.6) is 5.75 Å². The van der Waals surface area contributed by atoms with E-state index in [1.54, 1.807) is 23.1 Å². The zero-order valence-corrected chi connectivity index (χ0v) is 16.7. The molecule has 2 aliphatic rings. The van der Waals surface area contributed by atoms with E-state index >= 15 is 0 Å². The summed E-state index contributed by atoms with van der Waals surface area (Å²) in [4.78, 5) is 26.4. The third-order valence-corrected chi connectivity index (χ3v) is 6.25. The van der Waals surface area contributed by atoms with Crippen molar-refractivity contribution in [3.8, 4) is 5.75 Å². The summed E-state index contributed by atoms with van der Waals surface area (Å²) in [5.41, 5.74) is 6.86. The molecule has 1 aromatic rings. The highest BCUT2D eigenvalue weighted by atomic mass is 35.5. The average Bonchev–Trinajstić information content (AvgIpc) is 3.23. The normalized spacial score (nSPS) is 26.1. The monoisotopic (exact) mass is 393 g/mol. The predicted octanol–water partition coefficient (Wildman–Crippen LogP) is 2.90. The molecule has 0 aliphatic heterocycles. The number of ether oxygens (including phenoxy) is 1. The molecule has 0 radical (unpaired) electrons. The first kappa shape index (κ1) is 20.0. The maximum Gasteiger partial charge on any atom is 0.260 e. The van der Waals surface area contributed by atoms with Gasteiger partial charge in [0.1, 0.15) is 5.75 Å². The van der Waals surface area contributed by atoms with Crippen LogP contribution in [0.15, 0.2) is 18.2 Å². The van der Waals surface area contributed by atoms with Gasteiger partial charge in [-0.3, -0.25) is 9.59 Å². The van der Waals surface area contributed by atoms with Crippen molar-refractivity contribution in [2.24, 2.45) is 23.5 Å². The van der Waals surface area contributed by atoms with Gasteiger partial charge in [0.25, 0.3) is 5.91 Å². The van der Waals surface area contributed by atoms with Gasteiger partial charge in [0, 0.05) is 24.8 Å². The quantitative estimate of drug-likeness (QED) is 0.745. The Hall–Kier alpha value is -1.79. The number of nitrogens with two attached hydrogens (primary N) is 1. The number of amides is 2. The van der Waals surface area contributed by atoms with Crippen LogP contribution in [0.4, 0.5) is 5.69 Å². The molecular formula is C20H28ClN3O3. The molecule has 1 aromatic carbocycles. The topological polar surface area (TPSA) is 84.7 Å². The van der Waals surface area contributed by atoms with Gasteiger partial charge in [-0.1, -0.05) is 11.6 Å². The lowest BCUT2D eigenvalue weighted by Gasteiger charge is -2.27. The number of hydrogen-bond acceptors (Lipinski definition) is 4. The Morgan fingerprint density at radius 2 is 1.96 bits per heavy atom. The van der Waals surface area contributed by atoms with Crippen molar-refractivity contribution < 1.29 is 14.3 Å². The van der Waals surface area contributed by atoms with Gasteiger partial charge in [-0.05, 0) is 63.1 Å². The smallest absolute Gasteiger partial charge is 0.260 e. The molecule has 2 saturated carbocycles. The second-order valence-electron chi connectivity index (χ2n) is 7.43. The Labute approximate surface area is 165 Å². The van der Waals surface area contributed by atoms with Crippen molar-refractivity contribution in [1.29, 1.82) is 0 Å². The third-order valence-electron chi connectivity index (χ3n) is 5.95. The number of nitrogens with zero attached hydrogens (tertiary/aromatic N) is 1. The van der Waals surface area contributed by atoms with Gasteiger partial charge in [-0.25, -0.2) is 0 Å². The van der Waals surface area contributed by atoms with Crippen LogP contribution in [0.3, 0.4) is 0 Å². The fourth-order valence-electron chi connectivity index (χ4n) is 4.45. The number of halogens is 1. The highest BCUT2D eigenvalue weighted by Crippen LogP contribution is 2.48. The molecule has 6 nitrogen and oxygen atoms in total. The highest BCUT2D eigenvalue weighted by molar-refractivity contribution is 6.32. The van der Waals surface area contributed by atoms with Gasteiger partial charge < -0.3 is 20.7 Å². The number of carbonyl (C=O) groups excluding carboxylic acids is 2. The lowest BCUT2D eigenvalue weighted by molar-refractivity contribution is -0.133. The molecule has 0 spiro atoms. The molecule has 4 unspecified atom stereocenters. The zero-order chi connectivity index (χ0) is 19.6. The molecule has 7 heteroatoms. The number of fused-ring (bicyclic) bond motifs is 2. The van der Waals surface area contributed by atoms with Crippen LogP contribution in [0.2, 0.25) is 5.02 Å². The molecule has 0 aromatic heterocycles. The Morgan fingerprint density at radius 3 is 2.56 bits per heavy atom. The third kappa shape index (κ3) is 4.22. The fraction of sp³-hybridized carbons (Fsp3) is 0.600. The fourth-order valence-corrected chi connectivity index (χ4v) is 4.69. The summed E-state index contributed by atoms with van der Waals surface area (Å²) < 4.78 is 5.54. The number of hydrogen-bond donors (Lipinski definition) is 2. The Kier molecular flexibility index (Phi) is 6.27. The van der Waals surface area contributed by atoms with Gasteiger partial charge in [0.15, 0.2) is 6.61 Å². The molecule has 3 rings (SSSR count). The second-order valence-corrected chi connectivity index (χ2v) is 7.83. The Morgan fingerprint density at radius 1 is 1.26 bits per heavy atom. The zero-order valence-electron chi connectivity index (χ0n) is 15.9. The summed E-state index contributed by atoms with van der Waals surface area (Å²) in [7, 11) is 0. The van der Waals surface area contributed by atoms with Gasteiger partial charge >= 0.3 is 0 Å². The minimum Gasteiger partial charge on any atom is -0.482 e. The van der Waals surface area contributed by atoms with Crippen LogP contribution in [0.25, 0.3) is 0 Å². The van der Waals surface area contributed by atoms with Crippen LogP contribution in [-0.2, 0) is 9.59 Å². The summed E-state index contributed by atoms with van der Waals surface area (Å²) in [6.45, 7) is 5.07. The molecule has 2 fully saturated rings. The largest absolute Gasteiger partial charge is 0.482 e. The first-order valence-corrected chi connectivity index (χ1v) is 10.1. The number of nitrogens with one attached hydrogen (secondary N) is 1. The van der Waals surface area contributed by atoms with E-state index in [-0.39, 0.29) is 30.4 Å². The van der Waals surface area contributed by atoms with E-state index in [0.717, 1.165) is 19.3 Å². The number of rotatable bonds is 7. The van der Waals surface area contributed by atoms with Crippen LogP contribution < -0.4 is 15.8 Å². The summed E-state index contributed by atoms with van der Waals surface area (Å²) in [5.74, 6) is 1.06. The maximum atomic E-state index is 12.7. The van der Waals surface area contributed by atoms with Gasteiger partial charge in [0.2, 0.25) is 5.91 Å². The van der Waals surface area contributed by atoms with E-state index in [2.05, 4.69) is 5.32 Å². The van der Waals surface area contributed by atoms with Crippen LogP contribution in [-0.4, -0.2) is 42.5 Å². The predicted molar refractivity (Wildman–Crippen MR) is 106 cm³/mol. The van der Waals surface area contributed by atoms with Crippen molar-refractivity contribution in [2.75, 3.05) is 25.0 Å². The summed E-state index contributed by atoms with van der Waals surface area (Å²) >= 11 is 6.27. The summed E-state index contributed by atoms with van der Waals surface area (Å²) in [5, 5.41) is 3.29. The van der Waals surface area contributed by atoms with Crippen molar-refractivity contribution in [1.82, 2.24) is 4.90 Å². The average molecular weight is 394 g/mol. The van der Waals surface area contributed by atoms with E-state index in [1.165, 1.54) is 0 Å². The maximum absolute atomic E-state index is 12.7. The molecule has 27 heavy (non-hydrogen) atoms. The number of benzene rings is 1. The SMILES string of the molecule is CCN(CC)C(=O)COc1ccc(NC(=O)C2C3CCC(C3)C2N)cc1Cl. The first-order chi connectivity index (χ1) is 12.9.